The predicted molar refractivity (Wildman–Crippen MR) is 138 cm³/mol. The minimum atomic E-state index is -4.85. The van der Waals surface area contributed by atoms with E-state index in [1.165, 1.54) is 16.8 Å². The van der Waals surface area contributed by atoms with Gasteiger partial charge in [-0.3, -0.25) is 14.4 Å². The highest BCUT2D eigenvalue weighted by atomic mass is 35.5. The van der Waals surface area contributed by atoms with Crippen molar-refractivity contribution >= 4 is 40.6 Å². The number of carbonyl (C=O) groups excluding carboxylic acids is 2. The zero-order valence-corrected chi connectivity index (χ0v) is 22.6. The summed E-state index contributed by atoms with van der Waals surface area (Å²) in [7, 11) is 3.07. The van der Waals surface area contributed by atoms with Crippen LogP contribution in [0.1, 0.15) is 24.5 Å². The third-order valence-corrected chi connectivity index (χ3v) is 7.54. The van der Waals surface area contributed by atoms with Crippen LogP contribution in [0.3, 0.4) is 0 Å². The number of anilines is 3. The molecule has 4 rings (SSSR count). The molecule has 2 aromatic rings. The van der Waals surface area contributed by atoms with E-state index in [-0.39, 0.29) is 43.7 Å². The van der Waals surface area contributed by atoms with E-state index in [9.17, 15) is 27.6 Å². The van der Waals surface area contributed by atoms with Gasteiger partial charge in [0.05, 0.1) is 48.8 Å². The molecule has 0 aromatic carbocycles. The van der Waals surface area contributed by atoms with Crippen LogP contribution < -0.4 is 20.3 Å². The van der Waals surface area contributed by atoms with Gasteiger partial charge in [0, 0.05) is 39.4 Å². The van der Waals surface area contributed by atoms with E-state index >= 15 is 0 Å². The number of aromatic nitrogens is 3. The maximum atomic E-state index is 13.4. The number of likely N-dealkylation sites (N-methyl/N-ethyl adjacent to an activating group) is 2. The molecule has 212 valence electrons. The summed E-state index contributed by atoms with van der Waals surface area (Å²) < 4.78 is 45.7. The van der Waals surface area contributed by atoms with Gasteiger partial charge in [-0.05, 0) is 19.4 Å². The second-order valence-corrected chi connectivity index (χ2v) is 10.00. The van der Waals surface area contributed by atoms with E-state index in [0.29, 0.717) is 29.6 Å². The van der Waals surface area contributed by atoms with Crippen molar-refractivity contribution in [1.29, 1.82) is 0 Å². The summed E-state index contributed by atoms with van der Waals surface area (Å²) in [5.41, 5.74) is -1.61. The van der Waals surface area contributed by atoms with Crippen molar-refractivity contribution in [2.75, 3.05) is 61.6 Å². The van der Waals surface area contributed by atoms with Crippen LogP contribution >= 0.6 is 11.6 Å². The molecule has 1 N–H and O–H groups in total. The minimum Gasteiger partial charge on any atom is -0.379 e. The Kier molecular flexibility index (Phi) is 8.07. The molecule has 2 atom stereocenters. The Morgan fingerprint density at radius 3 is 2.72 bits per heavy atom. The van der Waals surface area contributed by atoms with Gasteiger partial charge in [0.15, 0.2) is 5.82 Å². The van der Waals surface area contributed by atoms with Crippen LogP contribution in [-0.4, -0.2) is 90.9 Å². The first-order valence-electron chi connectivity index (χ1n) is 12.3. The molecule has 0 bridgehead atoms. The molecule has 0 saturated carbocycles. The SMILES string of the molecule is Cc1c(Cl)cnc2c1N(C)C(=O)C1CN(C(=O)CCOC[C@H](C)N(C)c3cn[nH]c(=O)c3C(F)(F)F)CCN21. The molecule has 15 heteroatoms. The largest absolute Gasteiger partial charge is 0.423 e. The van der Waals surface area contributed by atoms with Gasteiger partial charge in [0.25, 0.3) is 11.5 Å². The van der Waals surface area contributed by atoms with Gasteiger partial charge in [-0.15, -0.1) is 0 Å². The monoisotopic (exact) mass is 571 g/mol. The van der Waals surface area contributed by atoms with Gasteiger partial charge in [-0.2, -0.15) is 18.3 Å². The van der Waals surface area contributed by atoms with Gasteiger partial charge in [0.1, 0.15) is 11.6 Å². The summed E-state index contributed by atoms with van der Waals surface area (Å²) >= 11 is 6.21. The number of nitrogens with one attached hydrogen (secondary N) is 1. The lowest BCUT2D eigenvalue weighted by molar-refractivity contribution is -0.138. The van der Waals surface area contributed by atoms with Crippen molar-refractivity contribution in [1.82, 2.24) is 20.1 Å². The Hall–Kier alpha value is -3.39. The summed E-state index contributed by atoms with van der Waals surface area (Å²) in [6.45, 7) is 4.52. The van der Waals surface area contributed by atoms with Crippen molar-refractivity contribution in [3.63, 3.8) is 0 Å². The second kappa shape index (κ2) is 11.0. The number of amides is 2. The lowest BCUT2D eigenvalue weighted by Crippen LogP contribution is -2.63. The van der Waals surface area contributed by atoms with E-state index in [1.54, 1.807) is 25.1 Å². The molecule has 1 unspecified atom stereocenters. The van der Waals surface area contributed by atoms with Gasteiger partial charge in [0.2, 0.25) is 5.91 Å². The average Bonchev–Trinajstić information content (AvgIpc) is 2.89. The first kappa shape index (κ1) is 28.6. The van der Waals surface area contributed by atoms with Crippen molar-refractivity contribution < 1.29 is 27.5 Å². The van der Waals surface area contributed by atoms with Gasteiger partial charge < -0.3 is 24.3 Å². The van der Waals surface area contributed by atoms with Crippen molar-refractivity contribution in [3.05, 3.63) is 38.9 Å². The molecule has 2 amide bonds. The third-order valence-electron chi connectivity index (χ3n) is 7.16. The highest BCUT2D eigenvalue weighted by Crippen LogP contribution is 2.40. The maximum Gasteiger partial charge on any atom is 0.423 e. The third kappa shape index (κ3) is 5.53. The van der Waals surface area contributed by atoms with Gasteiger partial charge >= 0.3 is 6.18 Å². The van der Waals surface area contributed by atoms with Crippen molar-refractivity contribution in [3.8, 4) is 0 Å². The van der Waals surface area contributed by atoms with Gasteiger partial charge in [-0.25, -0.2) is 10.1 Å². The smallest absolute Gasteiger partial charge is 0.379 e. The van der Waals surface area contributed by atoms with E-state index in [1.807, 2.05) is 16.9 Å². The Balaban J connectivity index is 1.32. The number of halogens is 4. The number of hydrogen-bond acceptors (Lipinski definition) is 8. The molecule has 0 aliphatic carbocycles. The fourth-order valence-electron chi connectivity index (χ4n) is 4.83. The number of aromatic amines is 1. The van der Waals surface area contributed by atoms with Crippen LogP contribution in [0.2, 0.25) is 5.02 Å². The predicted octanol–water partition coefficient (Wildman–Crippen LogP) is 2.07. The van der Waals surface area contributed by atoms with Crippen LogP contribution in [0, 0.1) is 6.92 Å². The molecule has 1 saturated heterocycles. The fourth-order valence-corrected chi connectivity index (χ4v) is 4.97. The highest BCUT2D eigenvalue weighted by molar-refractivity contribution is 6.32. The van der Waals surface area contributed by atoms with E-state index < -0.39 is 29.4 Å². The van der Waals surface area contributed by atoms with Crippen LogP contribution in [-0.2, 0) is 20.5 Å². The van der Waals surface area contributed by atoms with Crippen LogP contribution in [0.4, 0.5) is 30.4 Å². The van der Waals surface area contributed by atoms with Gasteiger partial charge in [-0.1, -0.05) is 11.6 Å². The topological polar surface area (TPSA) is 115 Å². The number of carbonyl (C=O) groups is 2. The molecule has 4 heterocycles. The Bertz CT molecular complexity index is 1320. The zero-order valence-electron chi connectivity index (χ0n) is 21.9. The molecular formula is C24H29ClF3N7O4. The number of pyridine rings is 1. The van der Waals surface area contributed by atoms with E-state index in [4.69, 9.17) is 16.3 Å². The number of piperazine rings is 1. The Morgan fingerprint density at radius 1 is 1.31 bits per heavy atom. The Labute approximate surface area is 227 Å². The average molecular weight is 572 g/mol. The number of alkyl halides is 3. The normalized spacial score (nSPS) is 18.1. The van der Waals surface area contributed by atoms with Crippen LogP contribution in [0.25, 0.3) is 0 Å². The molecule has 11 nitrogen and oxygen atoms in total. The highest BCUT2D eigenvalue weighted by Gasteiger charge is 2.43. The standard InChI is InChI=1S/C24H29ClF3N7O4/c1-13(32(3)16-10-30-31-22(37)19(16)24(26,27)28)12-39-8-5-18(36)34-6-7-35-17(11-34)23(38)33(4)20-14(2)15(25)9-29-21(20)35/h9-10,13,17H,5-8,11-12H2,1-4H3,(H,31,37)/t13-,17?/m0/s1. The molecule has 1 fully saturated rings. The van der Waals surface area contributed by atoms with E-state index in [0.717, 1.165) is 11.8 Å². The summed E-state index contributed by atoms with van der Waals surface area (Å²) in [5, 5.41) is 5.76. The number of ether oxygens (including phenoxy) is 1. The molecule has 0 spiro atoms. The second-order valence-electron chi connectivity index (χ2n) is 9.59. The maximum absolute atomic E-state index is 13.4. The number of rotatable bonds is 7. The molecule has 2 aliphatic heterocycles. The molecule has 2 aliphatic rings. The van der Waals surface area contributed by atoms with Crippen LogP contribution in [0.5, 0.6) is 0 Å². The number of H-pyrrole nitrogens is 1. The van der Waals surface area contributed by atoms with E-state index in [2.05, 4.69) is 10.1 Å². The summed E-state index contributed by atoms with van der Waals surface area (Å²) in [5.74, 6) is 0.296. The molecule has 2 aromatic heterocycles. The minimum absolute atomic E-state index is 0.0118. The first-order valence-corrected chi connectivity index (χ1v) is 12.6. The molecule has 39 heavy (non-hydrogen) atoms. The van der Waals surface area contributed by atoms with Crippen LogP contribution in [0.15, 0.2) is 17.2 Å². The summed E-state index contributed by atoms with van der Waals surface area (Å²) in [6.07, 6.45) is -2.32. The number of fused-ring (bicyclic) bond motifs is 3. The molecule has 0 radical (unpaired) electrons. The van der Waals surface area contributed by atoms with Crippen molar-refractivity contribution in [2.45, 2.75) is 38.5 Å². The number of nitrogens with zero attached hydrogens (tertiary/aromatic N) is 6. The van der Waals surface area contributed by atoms with Crippen molar-refractivity contribution in [2.24, 2.45) is 0 Å². The summed E-state index contributed by atoms with van der Waals surface area (Å²) in [6, 6.07) is -1.12. The Morgan fingerprint density at radius 2 is 2.03 bits per heavy atom. The fraction of sp³-hybridized carbons (Fsp3) is 0.542. The number of hydrogen-bond donors (Lipinski definition) is 1. The first-order chi connectivity index (χ1) is 18.3. The quantitative estimate of drug-likeness (QED) is 0.502. The lowest BCUT2D eigenvalue weighted by atomic mass is 10.0. The lowest BCUT2D eigenvalue weighted by Gasteiger charge is -2.46. The zero-order chi connectivity index (χ0) is 28.6. The molecular weight excluding hydrogens is 543 g/mol. The summed E-state index contributed by atoms with van der Waals surface area (Å²) in [4.78, 5) is 48.5.